The first-order valence-electron chi connectivity index (χ1n) is 11.0. The fourth-order valence-corrected chi connectivity index (χ4v) is 3.32. The van der Waals surface area contributed by atoms with Crippen molar-refractivity contribution in [3.05, 3.63) is 0 Å². The van der Waals surface area contributed by atoms with Crippen molar-refractivity contribution in [3.63, 3.8) is 0 Å². The van der Waals surface area contributed by atoms with Crippen molar-refractivity contribution in [2.75, 3.05) is 52.5 Å². The smallest absolute Gasteiger partial charge is 0.152 e. The van der Waals surface area contributed by atoms with Gasteiger partial charge in [-0.05, 0) is 39.0 Å². The highest BCUT2D eigenvalue weighted by Crippen LogP contribution is 2.14. The molecule has 27 heavy (non-hydrogen) atoms. The molecule has 0 aromatic heterocycles. The zero-order valence-electron chi connectivity index (χ0n) is 18.8. The van der Waals surface area contributed by atoms with Gasteiger partial charge in [0, 0.05) is 11.8 Å². The summed E-state index contributed by atoms with van der Waals surface area (Å²) in [6.07, 6.45) is 3.65. The Morgan fingerprint density at radius 2 is 1.00 bits per heavy atom. The van der Waals surface area contributed by atoms with Gasteiger partial charge in [0.25, 0.3) is 0 Å². The average molecular weight is 385 g/mol. The summed E-state index contributed by atoms with van der Waals surface area (Å²) in [4.78, 5) is 29.6. The Balaban J connectivity index is 4.65. The van der Waals surface area contributed by atoms with Crippen molar-refractivity contribution in [2.45, 2.75) is 67.2 Å². The van der Waals surface area contributed by atoms with E-state index in [-0.39, 0.29) is 23.4 Å². The lowest BCUT2D eigenvalue weighted by Gasteiger charge is -2.24. The van der Waals surface area contributed by atoms with E-state index >= 15 is 0 Å². The molecule has 0 radical (unpaired) electrons. The number of nitrogens with zero attached hydrogens (tertiary/aromatic N) is 2. The molecular formula is C22H44N2O3. The summed E-state index contributed by atoms with van der Waals surface area (Å²) >= 11 is 0. The average Bonchev–Trinajstić information content (AvgIpc) is 2.68. The molecule has 0 amide bonds. The molecule has 0 heterocycles. The highest BCUT2D eigenvalue weighted by molar-refractivity contribution is 5.83. The summed E-state index contributed by atoms with van der Waals surface area (Å²) in [6, 6.07) is 0. The van der Waals surface area contributed by atoms with Crippen LogP contribution >= 0.6 is 0 Å². The molecule has 5 nitrogen and oxygen atoms in total. The minimum atomic E-state index is -0.0595. The van der Waals surface area contributed by atoms with Crippen LogP contribution in [0.2, 0.25) is 0 Å². The SMILES string of the molecule is CCCC(COCC(CCC)C(=O)CN(CC)CC)C(=O)CN(CC)CC. The number of rotatable bonds is 18. The van der Waals surface area contributed by atoms with E-state index in [2.05, 4.69) is 51.3 Å². The predicted octanol–water partition coefficient (Wildman–Crippen LogP) is 3.66. The Morgan fingerprint density at radius 1 is 0.667 bits per heavy atom. The molecule has 0 aliphatic heterocycles. The van der Waals surface area contributed by atoms with Crippen molar-refractivity contribution in [1.82, 2.24) is 9.80 Å². The third kappa shape index (κ3) is 11.0. The number of carbonyl (C=O) groups excluding carboxylic acids is 2. The lowest BCUT2D eigenvalue weighted by atomic mass is 9.97. The summed E-state index contributed by atoms with van der Waals surface area (Å²) in [5.41, 5.74) is 0. The van der Waals surface area contributed by atoms with E-state index in [0.29, 0.717) is 26.3 Å². The molecule has 0 rings (SSSR count). The van der Waals surface area contributed by atoms with Gasteiger partial charge in [-0.1, -0.05) is 54.4 Å². The van der Waals surface area contributed by atoms with Gasteiger partial charge in [0.15, 0.2) is 11.6 Å². The molecule has 0 aromatic carbocycles. The van der Waals surface area contributed by atoms with E-state index in [0.717, 1.165) is 51.9 Å². The molecule has 0 aliphatic rings. The van der Waals surface area contributed by atoms with E-state index in [1.807, 2.05) is 0 Å². The van der Waals surface area contributed by atoms with Crippen LogP contribution in [0.15, 0.2) is 0 Å². The van der Waals surface area contributed by atoms with Crippen LogP contribution in [0.5, 0.6) is 0 Å². The van der Waals surface area contributed by atoms with Crippen LogP contribution in [0.3, 0.4) is 0 Å². The standard InChI is InChI=1S/C22H44N2O3/c1-7-13-19(21(25)15-23(9-3)10-4)17-27-18-20(14-8-2)22(26)16-24(11-5)12-6/h19-20H,7-18H2,1-6H3. The molecule has 0 bridgehead atoms. The molecule has 5 heteroatoms. The van der Waals surface area contributed by atoms with E-state index < -0.39 is 0 Å². The summed E-state index contributed by atoms with van der Waals surface area (Å²) < 4.78 is 5.92. The Hall–Kier alpha value is -0.780. The zero-order chi connectivity index (χ0) is 20.7. The molecule has 160 valence electrons. The van der Waals surface area contributed by atoms with Crippen LogP contribution in [0.4, 0.5) is 0 Å². The number of ether oxygens (including phenoxy) is 1. The van der Waals surface area contributed by atoms with Gasteiger partial charge in [0.05, 0.1) is 26.3 Å². The Bertz CT molecular complexity index is 357. The summed E-state index contributed by atoms with van der Waals surface area (Å²) in [5.74, 6) is 0.413. The van der Waals surface area contributed by atoms with Gasteiger partial charge in [-0.2, -0.15) is 0 Å². The second-order valence-electron chi connectivity index (χ2n) is 7.36. The Morgan fingerprint density at radius 3 is 1.26 bits per heavy atom. The molecule has 0 saturated heterocycles. The number of ketones is 2. The number of carbonyl (C=O) groups is 2. The first-order chi connectivity index (χ1) is 13.0. The summed E-state index contributed by atoms with van der Waals surface area (Å²) in [6.45, 7) is 18.0. The fourth-order valence-electron chi connectivity index (χ4n) is 3.32. The largest absolute Gasteiger partial charge is 0.380 e. The number of hydrogen-bond acceptors (Lipinski definition) is 5. The van der Waals surface area contributed by atoms with Crippen LogP contribution < -0.4 is 0 Å². The molecule has 2 unspecified atom stereocenters. The maximum atomic E-state index is 12.6. The highest BCUT2D eigenvalue weighted by Gasteiger charge is 2.23. The van der Waals surface area contributed by atoms with Gasteiger partial charge in [0.2, 0.25) is 0 Å². The van der Waals surface area contributed by atoms with Crippen LogP contribution in [-0.4, -0.2) is 73.8 Å². The third-order valence-corrected chi connectivity index (χ3v) is 5.37. The van der Waals surface area contributed by atoms with E-state index in [1.165, 1.54) is 0 Å². The monoisotopic (exact) mass is 384 g/mol. The van der Waals surface area contributed by atoms with Gasteiger partial charge in [-0.25, -0.2) is 0 Å². The van der Waals surface area contributed by atoms with Gasteiger partial charge < -0.3 is 4.74 Å². The number of Topliss-reactive ketones (excluding diaryl/α,β-unsaturated/α-hetero) is 2. The fraction of sp³-hybridized carbons (Fsp3) is 0.909. The maximum Gasteiger partial charge on any atom is 0.152 e. The van der Waals surface area contributed by atoms with E-state index in [4.69, 9.17) is 4.74 Å². The molecule has 2 atom stereocenters. The summed E-state index contributed by atoms with van der Waals surface area (Å²) in [5, 5.41) is 0. The molecule has 0 saturated carbocycles. The summed E-state index contributed by atoms with van der Waals surface area (Å²) in [7, 11) is 0. The maximum absolute atomic E-state index is 12.6. The molecule has 0 fully saturated rings. The normalized spacial score (nSPS) is 13.9. The minimum Gasteiger partial charge on any atom is -0.380 e. The molecule has 0 aromatic rings. The van der Waals surface area contributed by atoms with Crippen LogP contribution in [-0.2, 0) is 14.3 Å². The zero-order valence-corrected chi connectivity index (χ0v) is 18.8. The van der Waals surface area contributed by atoms with Crippen molar-refractivity contribution in [3.8, 4) is 0 Å². The van der Waals surface area contributed by atoms with Crippen LogP contribution in [0.25, 0.3) is 0 Å². The highest BCUT2D eigenvalue weighted by atomic mass is 16.5. The molecule has 0 aliphatic carbocycles. The van der Waals surface area contributed by atoms with Crippen molar-refractivity contribution in [1.29, 1.82) is 0 Å². The van der Waals surface area contributed by atoms with E-state index in [9.17, 15) is 9.59 Å². The number of likely N-dealkylation sites (N-methyl/N-ethyl adjacent to an activating group) is 2. The lowest BCUT2D eigenvalue weighted by molar-refractivity contribution is -0.128. The van der Waals surface area contributed by atoms with Crippen molar-refractivity contribution in [2.24, 2.45) is 11.8 Å². The Kier molecular flexibility index (Phi) is 15.7. The van der Waals surface area contributed by atoms with Gasteiger partial charge >= 0.3 is 0 Å². The number of hydrogen-bond donors (Lipinski definition) is 0. The topological polar surface area (TPSA) is 49.9 Å². The second-order valence-corrected chi connectivity index (χ2v) is 7.36. The quantitative estimate of drug-likeness (QED) is 0.361. The van der Waals surface area contributed by atoms with Gasteiger partial charge in [-0.15, -0.1) is 0 Å². The lowest BCUT2D eigenvalue weighted by Crippen LogP contribution is -2.36. The first-order valence-corrected chi connectivity index (χ1v) is 11.0. The Labute approximate surface area is 167 Å². The van der Waals surface area contributed by atoms with Crippen molar-refractivity contribution < 1.29 is 14.3 Å². The van der Waals surface area contributed by atoms with E-state index in [1.54, 1.807) is 0 Å². The van der Waals surface area contributed by atoms with Gasteiger partial charge in [-0.3, -0.25) is 19.4 Å². The van der Waals surface area contributed by atoms with Gasteiger partial charge in [0.1, 0.15) is 0 Å². The van der Waals surface area contributed by atoms with Crippen LogP contribution in [0.1, 0.15) is 67.2 Å². The molecular weight excluding hydrogens is 340 g/mol. The first kappa shape index (κ1) is 26.2. The predicted molar refractivity (Wildman–Crippen MR) is 113 cm³/mol. The molecule has 0 N–H and O–H groups in total. The minimum absolute atomic E-state index is 0.0595. The van der Waals surface area contributed by atoms with Crippen molar-refractivity contribution >= 4 is 11.6 Å². The third-order valence-electron chi connectivity index (χ3n) is 5.37. The molecule has 0 spiro atoms. The van der Waals surface area contributed by atoms with Crippen LogP contribution in [0, 0.1) is 11.8 Å². The second kappa shape index (κ2) is 16.2.